The summed E-state index contributed by atoms with van der Waals surface area (Å²) < 4.78 is 0. The largest absolute Gasteiger partial charge is 0.398 e. The van der Waals surface area contributed by atoms with Gasteiger partial charge in [0.15, 0.2) is 0 Å². The fraction of sp³-hybridized carbons (Fsp3) is 0.400. The van der Waals surface area contributed by atoms with Crippen LogP contribution in [0.3, 0.4) is 0 Å². The molecule has 2 radical (unpaired) electrons. The molecule has 0 aromatic heterocycles. The second kappa shape index (κ2) is 5.83. The van der Waals surface area contributed by atoms with E-state index in [0.717, 1.165) is 11.4 Å². The molecule has 0 saturated carbocycles. The Bertz CT molecular complexity index is 555. The summed E-state index contributed by atoms with van der Waals surface area (Å²) in [4.78, 5) is 1.74. The van der Waals surface area contributed by atoms with Crippen molar-refractivity contribution in [2.24, 2.45) is 0 Å². The van der Waals surface area contributed by atoms with Crippen molar-refractivity contribution < 1.29 is 0 Å². The molecular weight excluding hydrogens is 265 g/mol. The SMILES string of the molecule is [B]N(c1ccc(C(C)(C)C)cc1)c1ccc(C(C)(C)C)cc1. The second-order valence-corrected chi connectivity index (χ2v) is 7.96. The Morgan fingerprint density at radius 3 is 1.09 bits per heavy atom. The van der Waals surface area contributed by atoms with Gasteiger partial charge in [0.05, 0.1) is 0 Å². The maximum absolute atomic E-state index is 6.27. The third kappa shape index (κ3) is 3.74. The summed E-state index contributed by atoms with van der Waals surface area (Å²) in [5.74, 6) is 0. The molecule has 0 aliphatic rings. The van der Waals surface area contributed by atoms with Crippen molar-refractivity contribution in [1.29, 1.82) is 0 Å². The average molecular weight is 291 g/mol. The third-order valence-electron chi connectivity index (χ3n) is 4.02. The van der Waals surface area contributed by atoms with E-state index in [1.165, 1.54) is 11.1 Å². The van der Waals surface area contributed by atoms with Crippen LogP contribution in [0.5, 0.6) is 0 Å². The third-order valence-corrected chi connectivity index (χ3v) is 4.02. The molecule has 22 heavy (non-hydrogen) atoms. The van der Waals surface area contributed by atoms with Crippen molar-refractivity contribution in [2.75, 3.05) is 4.81 Å². The van der Waals surface area contributed by atoms with Crippen molar-refractivity contribution in [2.45, 2.75) is 52.4 Å². The standard InChI is InChI=1S/C20H26BN/c1-19(2,3)15-7-11-17(12-8-15)22(21)18-13-9-16(10-14-18)20(4,5)6/h7-14H,1-6H3. The minimum atomic E-state index is 0.159. The number of nitrogens with zero attached hydrogens (tertiary/aromatic N) is 1. The molecule has 2 heteroatoms. The van der Waals surface area contributed by atoms with Crippen molar-refractivity contribution in [3.8, 4) is 0 Å². The predicted octanol–water partition coefficient (Wildman–Crippen LogP) is 5.50. The molecule has 0 amide bonds. The van der Waals surface area contributed by atoms with Crippen LogP contribution < -0.4 is 4.81 Å². The predicted molar refractivity (Wildman–Crippen MR) is 98.2 cm³/mol. The highest BCUT2D eigenvalue weighted by molar-refractivity contribution is 6.22. The quantitative estimate of drug-likeness (QED) is 0.660. The molecular formula is C20H26BN. The summed E-state index contributed by atoms with van der Waals surface area (Å²) in [5, 5.41) is 0. The molecule has 0 aliphatic heterocycles. The Morgan fingerprint density at radius 1 is 0.591 bits per heavy atom. The molecule has 114 valence electrons. The van der Waals surface area contributed by atoms with Crippen LogP contribution in [0.25, 0.3) is 0 Å². The Kier molecular flexibility index (Phi) is 4.42. The van der Waals surface area contributed by atoms with Gasteiger partial charge >= 0.3 is 0 Å². The molecule has 0 saturated heterocycles. The van der Waals surface area contributed by atoms with E-state index in [2.05, 4.69) is 90.1 Å². The fourth-order valence-corrected chi connectivity index (χ4v) is 2.39. The van der Waals surface area contributed by atoms with E-state index < -0.39 is 0 Å². The van der Waals surface area contributed by atoms with Crippen LogP contribution in [0.15, 0.2) is 48.5 Å². The number of hydrogen-bond acceptors (Lipinski definition) is 1. The first-order chi connectivity index (χ1) is 10.1. The summed E-state index contributed by atoms with van der Waals surface area (Å²) >= 11 is 0. The molecule has 0 bridgehead atoms. The first-order valence-corrected chi connectivity index (χ1v) is 7.85. The molecule has 0 fully saturated rings. The number of anilines is 2. The van der Waals surface area contributed by atoms with Gasteiger partial charge in [0.2, 0.25) is 7.98 Å². The van der Waals surface area contributed by atoms with Gasteiger partial charge in [-0.3, -0.25) is 0 Å². The van der Waals surface area contributed by atoms with Gasteiger partial charge in [0.25, 0.3) is 0 Å². The number of hydrogen-bond donors (Lipinski definition) is 0. The van der Waals surface area contributed by atoms with Crippen LogP contribution in [0.2, 0.25) is 0 Å². The summed E-state index contributed by atoms with van der Waals surface area (Å²) in [7, 11) is 6.27. The van der Waals surface area contributed by atoms with Gasteiger partial charge in [-0.25, -0.2) is 0 Å². The van der Waals surface area contributed by atoms with Gasteiger partial charge in [-0.15, -0.1) is 0 Å². The minimum absolute atomic E-state index is 0.159. The van der Waals surface area contributed by atoms with Crippen LogP contribution in [-0.4, -0.2) is 7.98 Å². The van der Waals surface area contributed by atoms with Gasteiger partial charge in [-0.1, -0.05) is 65.8 Å². The first kappa shape index (κ1) is 16.7. The monoisotopic (exact) mass is 291 g/mol. The molecule has 0 spiro atoms. The number of rotatable bonds is 2. The molecule has 0 atom stereocenters. The van der Waals surface area contributed by atoms with E-state index in [9.17, 15) is 0 Å². The maximum atomic E-state index is 6.27. The molecule has 0 heterocycles. The minimum Gasteiger partial charge on any atom is -0.398 e. The van der Waals surface area contributed by atoms with E-state index in [1.807, 2.05) is 0 Å². The lowest BCUT2D eigenvalue weighted by molar-refractivity contribution is 0.590. The lowest BCUT2D eigenvalue weighted by Crippen LogP contribution is -2.15. The fourth-order valence-electron chi connectivity index (χ4n) is 2.39. The topological polar surface area (TPSA) is 3.24 Å². The molecule has 2 rings (SSSR count). The van der Waals surface area contributed by atoms with Crippen molar-refractivity contribution in [1.82, 2.24) is 0 Å². The molecule has 0 N–H and O–H groups in total. The van der Waals surface area contributed by atoms with Crippen molar-refractivity contribution in [3.05, 3.63) is 59.7 Å². The van der Waals surface area contributed by atoms with Gasteiger partial charge in [0.1, 0.15) is 0 Å². The van der Waals surface area contributed by atoms with Crippen molar-refractivity contribution >= 4 is 19.4 Å². The zero-order valence-corrected chi connectivity index (χ0v) is 14.6. The van der Waals surface area contributed by atoms with Gasteiger partial charge < -0.3 is 4.81 Å². The molecule has 0 unspecified atom stereocenters. The lowest BCUT2D eigenvalue weighted by Gasteiger charge is -2.25. The van der Waals surface area contributed by atoms with Crippen LogP contribution >= 0.6 is 0 Å². The Hall–Kier alpha value is -1.70. The molecule has 2 aromatic carbocycles. The summed E-state index contributed by atoms with van der Waals surface area (Å²) in [5.41, 5.74) is 4.94. The van der Waals surface area contributed by atoms with Crippen LogP contribution in [-0.2, 0) is 10.8 Å². The summed E-state index contributed by atoms with van der Waals surface area (Å²) in [6.45, 7) is 13.3. The van der Waals surface area contributed by atoms with E-state index in [0.29, 0.717) is 0 Å². The molecule has 2 aromatic rings. The molecule has 1 nitrogen and oxygen atoms in total. The highest BCUT2D eigenvalue weighted by Crippen LogP contribution is 2.29. The summed E-state index contributed by atoms with van der Waals surface area (Å²) in [6, 6.07) is 16.9. The highest BCUT2D eigenvalue weighted by atomic mass is 15.0. The van der Waals surface area contributed by atoms with Crippen molar-refractivity contribution in [3.63, 3.8) is 0 Å². The van der Waals surface area contributed by atoms with Gasteiger partial charge in [0, 0.05) is 11.4 Å². The Balaban J connectivity index is 2.23. The zero-order valence-electron chi connectivity index (χ0n) is 14.6. The zero-order chi connectivity index (χ0) is 16.5. The average Bonchev–Trinajstić information content (AvgIpc) is 2.45. The van der Waals surface area contributed by atoms with Crippen LogP contribution in [0, 0.1) is 0 Å². The lowest BCUT2D eigenvalue weighted by atomic mass is 9.86. The Morgan fingerprint density at radius 2 is 0.864 bits per heavy atom. The second-order valence-electron chi connectivity index (χ2n) is 7.96. The van der Waals surface area contributed by atoms with Crippen LogP contribution in [0.1, 0.15) is 52.7 Å². The summed E-state index contributed by atoms with van der Waals surface area (Å²) in [6.07, 6.45) is 0. The van der Waals surface area contributed by atoms with E-state index in [4.69, 9.17) is 7.98 Å². The normalized spacial score (nSPS) is 12.3. The highest BCUT2D eigenvalue weighted by Gasteiger charge is 2.15. The van der Waals surface area contributed by atoms with Gasteiger partial charge in [-0.2, -0.15) is 0 Å². The molecule has 0 aliphatic carbocycles. The maximum Gasteiger partial charge on any atom is 0.234 e. The van der Waals surface area contributed by atoms with E-state index >= 15 is 0 Å². The number of benzene rings is 2. The van der Waals surface area contributed by atoms with E-state index in [1.54, 1.807) is 4.81 Å². The first-order valence-electron chi connectivity index (χ1n) is 7.85. The van der Waals surface area contributed by atoms with E-state index in [-0.39, 0.29) is 10.8 Å². The smallest absolute Gasteiger partial charge is 0.234 e. The van der Waals surface area contributed by atoms with Gasteiger partial charge in [-0.05, 0) is 46.2 Å². The van der Waals surface area contributed by atoms with Crippen LogP contribution in [0.4, 0.5) is 11.4 Å². The Labute approximate surface area is 136 Å².